The van der Waals surface area contributed by atoms with Crippen LogP contribution < -0.4 is 0 Å². The molecule has 0 radical (unpaired) electrons. The molecule has 96 valence electrons. The molecule has 2 rings (SSSR count). The van der Waals surface area contributed by atoms with E-state index >= 15 is 0 Å². The van der Waals surface area contributed by atoms with Gasteiger partial charge in [0.1, 0.15) is 0 Å². The van der Waals surface area contributed by atoms with Crippen LogP contribution in [0.4, 0.5) is 0 Å². The van der Waals surface area contributed by atoms with E-state index in [4.69, 9.17) is 4.74 Å². The second kappa shape index (κ2) is 7.29. The van der Waals surface area contributed by atoms with Gasteiger partial charge >= 0.3 is 0 Å². The Bertz CT molecular complexity index is 168. The van der Waals surface area contributed by atoms with Crippen molar-refractivity contribution in [3.8, 4) is 0 Å². The number of hydrogen-bond donors (Lipinski definition) is 0. The Balaban J connectivity index is 0.000000606. The lowest BCUT2D eigenvalue weighted by Gasteiger charge is -2.47. The zero-order valence-corrected chi connectivity index (χ0v) is 11.4. The molecule has 0 saturated carbocycles. The van der Waals surface area contributed by atoms with Crippen LogP contribution in [0.3, 0.4) is 0 Å². The lowest BCUT2D eigenvalue weighted by Crippen LogP contribution is -2.50. The monoisotopic (exact) mass is 227 g/mol. The first-order chi connectivity index (χ1) is 7.85. The van der Waals surface area contributed by atoms with Gasteiger partial charge in [-0.25, -0.2) is 0 Å². The molecule has 0 amide bonds. The quantitative estimate of drug-likeness (QED) is 0.683. The molecule has 0 aliphatic carbocycles. The Kier molecular flexibility index (Phi) is 6.37. The number of nitrogens with zero attached hydrogens (tertiary/aromatic N) is 1. The van der Waals surface area contributed by atoms with Gasteiger partial charge in [-0.15, -0.1) is 0 Å². The third kappa shape index (κ3) is 3.74. The fraction of sp³-hybridized carbons (Fsp3) is 1.00. The van der Waals surface area contributed by atoms with Crippen molar-refractivity contribution in [3.63, 3.8) is 0 Å². The van der Waals surface area contributed by atoms with Gasteiger partial charge in [0.25, 0.3) is 0 Å². The second-order valence-electron chi connectivity index (χ2n) is 5.04. The fourth-order valence-electron chi connectivity index (χ4n) is 2.52. The van der Waals surface area contributed by atoms with Gasteiger partial charge < -0.3 is 9.64 Å². The van der Waals surface area contributed by atoms with E-state index in [0.717, 1.165) is 13.2 Å². The predicted octanol–water partition coefficient (Wildman–Crippen LogP) is 3.32. The van der Waals surface area contributed by atoms with E-state index in [-0.39, 0.29) is 0 Å². The van der Waals surface area contributed by atoms with Crippen LogP contribution in [0.25, 0.3) is 0 Å². The van der Waals surface area contributed by atoms with Gasteiger partial charge in [-0.2, -0.15) is 0 Å². The van der Waals surface area contributed by atoms with Crippen molar-refractivity contribution in [1.29, 1.82) is 0 Å². The maximum absolute atomic E-state index is 5.33. The molecule has 0 bridgehead atoms. The van der Waals surface area contributed by atoms with Crippen LogP contribution in [-0.2, 0) is 4.74 Å². The first-order valence-electron chi connectivity index (χ1n) is 7.15. The molecule has 0 unspecified atom stereocenters. The van der Waals surface area contributed by atoms with Crippen LogP contribution in [0.1, 0.15) is 52.9 Å². The Morgan fingerprint density at radius 2 is 1.69 bits per heavy atom. The van der Waals surface area contributed by atoms with Crippen LogP contribution in [0, 0.1) is 5.41 Å². The molecule has 0 atom stereocenters. The van der Waals surface area contributed by atoms with Crippen LogP contribution in [0.5, 0.6) is 0 Å². The molecule has 2 heterocycles. The van der Waals surface area contributed by atoms with E-state index in [0.29, 0.717) is 5.41 Å². The third-order valence-electron chi connectivity index (χ3n) is 3.81. The summed E-state index contributed by atoms with van der Waals surface area (Å²) in [5, 5.41) is 0. The highest BCUT2D eigenvalue weighted by atomic mass is 16.5. The lowest BCUT2D eigenvalue weighted by atomic mass is 9.77. The van der Waals surface area contributed by atoms with E-state index in [1.807, 2.05) is 13.8 Å². The number of hydrogen-bond acceptors (Lipinski definition) is 2. The maximum atomic E-state index is 5.33. The highest BCUT2D eigenvalue weighted by Crippen LogP contribution is 2.38. The van der Waals surface area contributed by atoms with E-state index in [9.17, 15) is 0 Å². The number of rotatable bonds is 4. The number of piperidine rings is 1. The molecule has 0 aromatic heterocycles. The van der Waals surface area contributed by atoms with Crippen molar-refractivity contribution < 1.29 is 4.74 Å². The minimum Gasteiger partial charge on any atom is -0.380 e. The molecule has 2 nitrogen and oxygen atoms in total. The SMILES string of the molecule is CC.CCCCCN1CCC2(CC1)COC2. The summed E-state index contributed by atoms with van der Waals surface area (Å²) in [5.41, 5.74) is 0.612. The van der Waals surface area contributed by atoms with E-state index < -0.39 is 0 Å². The molecule has 2 saturated heterocycles. The van der Waals surface area contributed by atoms with Gasteiger partial charge in [0.15, 0.2) is 0 Å². The van der Waals surface area contributed by atoms with Crippen molar-refractivity contribution in [3.05, 3.63) is 0 Å². The van der Waals surface area contributed by atoms with Gasteiger partial charge in [-0.05, 0) is 38.9 Å². The van der Waals surface area contributed by atoms with Crippen molar-refractivity contribution in [2.45, 2.75) is 52.9 Å². The molecule has 2 aliphatic heterocycles. The van der Waals surface area contributed by atoms with Crippen LogP contribution >= 0.6 is 0 Å². The molecular formula is C14H29NO. The Hall–Kier alpha value is -0.0800. The number of ether oxygens (including phenoxy) is 1. The first kappa shape index (κ1) is 14.0. The Labute approximate surface area is 101 Å². The summed E-state index contributed by atoms with van der Waals surface area (Å²) in [7, 11) is 0. The highest BCUT2D eigenvalue weighted by molar-refractivity contribution is 4.90. The minimum absolute atomic E-state index is 0.612. The summed E-state index contributed by atoms with van der Waals surface area (Å²) in [4.78, 5) is 2.64. The van der Waals surface area contributed by atoms with Crippen molar-refractivity contribution in [2.75, 3.05) is 32.8 Å². The van der Waals surface area contributed by atoms with Crippen LogP contribution in [0.15, 0.2) is 0 Å². The number of likely N-dealkylation sites (tertiary alicyclic amines) is 1. The third-order valence-corrected chi connectivity index (χ3v) is 3.81. The van der Waals surface area contributed by atoms with Crippen LogP contribution in [0.2, 0.25) is 0 Å². The summed E-state index contributed by atoms with van der Waals surface area (Å²) in [6.45, 7) is 12.3. The average molecular weight is 227 g/mol. The summed E-state index contributed by atoms with van der Waals surface area (Å²) < 4.78 is 5.33. The highest BCUT2D eigenvalue weighted by Gasteiger charge is 2.40. The molecule has 2 aliphatic rings. The zero-order chi connectivity index (χ0) is 11.9. The van der Waals surface area contributed by atoms with Gasteiger partial charge in [-0.3, -0.25) is 0 Å². The summed E-state index contributed by atoms with van der Waals surface area (Å²) >= 11 is 0. The molecule has 2 heteroatoms. The first-order valence-corrected chi connectivity index (χ1v) is 7.15. The normalized spacial score (nSPS) is 23.4. The van der Waals surface area contributed by atoms with Gasteiger partial charge in [0, 0.05) is 5.41 Å². The van der Waals surface area contributed by atoms with Gasteiger partial charge in [0.05, 0.1) is 13.2 Å². The summed E-state index contributed by atoms with van der Waals surface area (Å²) in [5.74, 6) is 0. The molecule has 1 spiro atoms. The summed E-state index contributed by atoms with van der Waals surface area (Å²) in [6.07, 6.45) is 6.87. The van der Waals surface area contributed by atoms with E-state index in [1.54, 1.807) is 0 Å². The van der Waals surface area contributed by atoms with E-state index in [2.05, 4.69) is 11.8 Å². The molecular weight excluding hydrogens is 198 g/mol. The summed E-state index contributed by atoms with van der Waals surface area (Å²) in [6, 6.07) is 0. The Morgan fingerprint density at radius 1 is 1.06 bits per heavy atom. The van der Waals surface area contributed by atoms with E-state index in [1.165, 1.54) is 51.7 Å². The standard InChI is InChI=1S/C12H23NO.C2H6/c1-2-3-4-7-13-8-5-12(6-9-13)10-14-11-12;1-2/h2-11H2,1H3;1-2H3. The van der Waals surface area contributed by atoms with Crippen molar-refractivity contribution in [2.24, 2.45) is 5.41 Å². The van der Waals surface area contributed by atoms with Gasteiger partial charge in [-0.1, -0.05) is 33.6 Å². The predicted molar refractivity (Wildman–Crippen MR) is 69.8 cm³/mol. The topological polar surface area (TPSA) is 12.5 Å². The average Bonchev–Trinajstić information content (AvgIpc) is 2.31. The molecule has 0 aromatic rings. The number of unbranched alkanes of at least 4 members (excludes halogenated alkanes) is 2. The largest absolute Gasteiger partial charge is 0.380 e. The zero-order valence-electron chi connectivity index (χ0n) is 11.4. The maximum Gasteiger partial charge on any atom is 0.0545 e. The van der Waals surface area contributed by atoms with Gasteiger partial charge in [0.2, 0.25) is 0 Å². The van der Waals surface area contributed by atoms with Crippen molar-refractivity contribution in [1.82, 2.24) is 4.90 Å². The fourth-order valence-corrected chi connectivity index (χ4v) is 2.52. The Morgan fingerprint density at radius 3 is 2.12 bits per heavy atom. The molecule has 0 aromatic carbocycles. The molecule has 16 heavy (non-hydrogen) atoms. The molecule has 0 N–H and O–H groups in total. The lowest BCUT2D eigenvalue weighted by molar-refractivity contribution is -0.139. The van der Waals surface area contributed by atoms with Crippen LogP contribution in [-0.4, -0.2) is 37.7 Å². The molecule has 2 fully saturated rings. The minimum atomic E-state index is 0.612. The smallest absolute Gasteiger partial charge is 0.0545 e. The second-order valence-corrected chi connectivity index (χ2v) is 5.04. The van der Waals surface area contributed by atoms with Crippen molar-refractivity contribution >= 4 is 0 Å².